The Kier molecular flexibility index (Phi) is 6.94. The number of aliphatic hydroxyl groups excluding tert-OH is 1. The highest BCUT2D eigenvalue weighted by Gasteiger charge is 2.33. The van der Waals surface area contributed by atoms with Gasteiger partial charge in [-0.1, -0.05) is 13.8 Å². The van der Waals surface area contributed by atoms with Crippen molar-refractivity contribution >= 4 is 17.5 Å². The second kappa shape index (κ2) is 8.24. The first-order valence-corrected chi connectivity index (χ1v) is 8.05. The van der Waals surface area contributed by atoms with Gasteiger partial charge in [0.25, 0.3) is 0 Å². The molecule has 130 valence electrons. The van der Waals surface area contributed by atoms with Gasteiger partial charge >= 0.3 is 5.97 Å². The van der Waals surface area contributed by atoms with Gasteiger partial charge in [-0.15, -0.1) is 0 Å². The second-order valence-corrected chi connectivity index (χ2v) is 6.91. The Morgan fingerprint density at radius 2 is 2.00 bits per heavy atom. The van der Waals surface area contributed by atoms with E-state index in [0.717, 1.165) is 12.8 Å². The molecule has 1 unspecified atom stereocenters. The largest absolute Gasteiger partial charge is 0.511 e. The van der Waals surface area contributed by atoms with Crippen molar-refractivity contribution in [3.63, 3.8) is 0 Å². The Morgan fingerprint density at radius 3 is 2.52 bits per heavy atom. The normalized spacial score (nSPS) is 19.8. The van der Waals surface area contributed by atoms with E-state index < -0.39 is 12.0 Å². The molecule has 0 aromatic carbocycles. The Labute approximate surface area is 137 Å². The standard InChI is InChI=1S/C17H28N2O4/c1-11(15-13(20)9-17(2,3)10-14(15)21)19-8-6-5-7-12(18-4)16(22)23/h12,18,20H,5-10H2,1-4H3,(H,22,23). The maximum atomic E-state index is 12.2. The van der Waals surface area contributed by atoms with Gasteiger partial charge in [-0.05, 0) is 38.6 Å². The van der Waals surface area contributed by atoms with Gasteiger partial charge in [0.2, 0.25) is 0 Å². The van der Waals surface area contributed by atoms with E-state index in [9.17, 15) is 14.7 Å². The first kappa shape index (κ1) is 19.4. The van der Waals surface area contributed by atoms with Crippen LogP contribution in [0.25, 0.3) is 0 Å². The molecule has 1 rings (SSSR count). The number of rotatable bonds is 8. The number of hydrogen-bond donors (Lipinski definition) is 3. The molecule has 1 atom stereocenters. The average Bonchev–Trinajstić information content (AvgIpc) is 2.39. The number of carboxylic acids is 1. The van der Waals surface area contributed by atoms with Crippen molar-refractivity contribution in [1.29, 1.82) is 0 Å². The number of likely N-dealkylation sites (N-methyl/N-ethyl adjacent to an activating group) is 1. The number of aliphatic carboxylic acids is 1. The van der Waals surface area contributed by atoms with Gasteiger partial charge in [0.15, 0.2) is 5.78 Å². The molecule has 0 aromatic heterocycles. The smallest absolute Gasteiger partial charge is 0.320 e. The number of unbranched alkanes of at least 4 members (excludes halogenated alkanes) is 1. The van der Waals surface area contributed by atoms with Crippen LogP contribution >= 0.6 is 0 Å². The van der Waals surface area contributed by atoms with Crippen molar-refractivity contribution in [3.8, 4) is 0 Å². The lowest BCUT2D eigenvalue weighted by Gasteiger charge is -2.29. The minimum Gasteiger partial charge on any atom is -0.511 e. The quantitative estimate of drug-likeness (QED) is 0.470. The highest BCUT2D eigenvalue weighted by molar-refractivity contribution is 6.22. The average molecular weight is 324 g/mol. The van der Waals surface area contributed by atoms with Crippen molar-refractivity contribution in [1.82, 2.24) is 5.32 Å². The summed E-state index contributed by atoms with van der Waals surface area (Å²) in [6.07, 6.45) is 2.93. The predicted octanol–water partition coefficient (Wildman–Crippen LogP) is 2.49. The van der Waals surface area contributed by atoms with Gasteiger partial charge in [-0.2, -0.15) is 0 Å². The van der Waals surface area contributed by atoms with E-state index in [1.807, 2.05) is 13.8 Å². The fourth-order valence-corrected chi connectivity index (χ4v) is 2.88. The summed E-state index contributed by atoms with van der Waals surface area (Å²) in [5, 5.41) is 21.8. The van der Waals surface area contributed by atoms with Crippen LogP contribution in [0.4, 0.5) is 0 Å². The molecule has 0 saturated heterocycles. The van der Waals surface area contributed by atoms with Crippen LogP contribution in [0.5, 0.6) is 0 Å². The Morgan fingerprint density at radius 1 is 1.35 bits per heavy atom. The third kappa shape index (κ3) is 5.78. The summed E-state index contributed by atoms with van der Waals surface area (Å²) in [7, 11) is 1.63. The fourth-order valence-electron chi connectivity index (χ4n) is 2.88. The molecule has 3 N–H and O–H groups in total. The van der Waals surface area contributed by atoms with Gasteiger partial charge in [0.05, 0.1) is 5.57 Å². The summed E-state index contributed by atoms with van der Waals surface area (Å²) in [6, 6.07) is -0.533. The first-order chi connectivity index (χ1) is 10.7. The third-order valence-electron chi connectivity index (χ3n) is 4.11. The number of aliphatic hydroxyl groups is 1. The van der Waals surface area contributed by atoms with Gasteiger partial charge in [-0.3, -0.25) is 14.6 Å². The van der Waals surface area contributed by atoms with E-state index >= 15 is 0 Å². The van der Waals surface area contributed by atoms with Crippen LogP contribution in [0.15, 0.2) is 16.3 Å². The Balaban J connectivity index is 2.55. The number of carbonyl (C=O) groups excluding carboxylic acids is 1. The van der Waals surface area contributed by atoms with Crippen molar-refractivity contribution in [2.75, 3.05) is 13.6 Å². The van der Waals surface area contributed by atoms with E-state index in [1.54, 1.807) is 14.0 Å². The molecule has 0 saturated carbocycles. The molecule has 0 amide bonds. The van der Waals surface area contributed by atoms with Crippen molar-refractivity contribution < 1.29 is 19.8 Å². The molecule has 0 aliphatic heterocycles. The summed E-state index contributed by atoms with van der Waals surface area (Å²) in [5.74, 6) is -0.771. The van der Waals surface area contributed by atoms with Gasteiger partial charge in [-0.25, -0.2) is 0 Å². The summed E-state index contributed by atoms with van der Waals surface area (Å²) in [4.78, 5) is 27.4. The number of allylic oxidation sites excluding steroid dienone is 2. The number of ketones is 1. The van der Waals surface area contributed by atoms with Crippen LogP contribution in [-0.2, 0) is 9.59 Å². The molecule has 0 fully saturated rings. The molecule has 0 heterocycles. The highest BCUT2D eigenvalue weighted by atomic mass is 16.4. The number of hydrogen-bond acceptors (Lipinski definition) is 5. The van der Waals surface area contributed by atoms with E-state index in [1.165, 1.54) is 0 Å². The second-order valence-electron chi connectivity index (χ2n) is 6.91. The van der Waals surface area contributed by atoms with Crippen LogP contribution in [-0.4, -0.2) is 47.3 Å². The molecular weight excluding hydrogens is 296 g/mol. The fraction of sp³-hybridized carbons (Fsp3) is 0.706. The zero-order valence-electron chi connectivity index (χ0n) is 14.5. The van der Waals surface area contributed by atoms with Gasteiger partial charge < -0.3 is 15.5 Å². The van der Waals surface area contributed by atoms with Crippen LogP contribution in [0.3, 0.4) is 0 Å². The lowest BCUT2D eigenvalue weighted by molar-refractivity contribution is -0.139. The van der Waals surface area contributed by atoms with E-state index in [0.29, 0.717) is 37.1 Å². The van der Waals surface area contributed by atoms with E-state index in [-0.39, 0.29) is 17.0 Å². The monoisotopic (exact) mass is 324 g/mol. The summed E-state index contributed by atoms with van der Waals surface area (Å²) in [5.41, 5.74) is 0.735. The highest BCUT2D eigenvalue weighted by Crippen LogP contribution is 2.36. The number of nitrogens with one attached hydrogen (secondary N) is 1. The number of Topliss-reactive ketones (excluding diaryl/α,β-unsaturated/α-hetero) is 1. The van der Waals surface area contributed by atoms with Crippen LogP contribution < -0.4 is 5.32 Å². The van der Waals surface area contributed by atoms with E-state index in [2.05, 4.69) is 10.3 Å². The lowest BCUT2D eigenvalue weighted by Crippen LogP contribution is -2.33. The Bertz CT molecular complexity index is 521. The van der Waals surface area contributed by atoms with Crippen LogP contribution in [0.2, 0.25) is 0 Å². The van der Waals surface area contributed by atoms with Crippen molar-refractivity contribution in [2.24, 2.45) is 10.4 Å². The molecule has 1 aliphatic carbocycles. The number of carbonyl (C=O) groups is 2. The third-order valence-corrected chi connectivity index (χ3v) is 4.11. The summed E-state index contributed by atoms with van der Waals surface area (Å²) >= 11 is 0. The van der Waals surface area contributed by atoms with Crippen molar-refractivity contribution in [2.45, 2.75) is 58.9 Å². The number of aliphatic imine (C=N–C) groups is 1. The van der Waals surface area contributed by atoms with Crippen molar-refractivity contribution in [3.05, 3.63) is 11.3 Å². The van der Waals surface area contributed by atoms with E-state index in [4.69, 9.17) is 5.11 Å². The lowest BCUT2D eigenvalue weighted by atomic mass is 9.76. The molecule has 1 aliphatic rings. The Hall–Kier alpha value is -1.69. The molecular formula is C17H28N2O4. The van der Waals surface area contributed by atoms with Gasteiger partial charge in [0, 0.05) is 25.1 Å². The molecule has 0 bridgehead atoms. The zero-order valence-corrected chi connectivity index (χ0v) is 14.5. The number of carboxylic acid groups (broad SMARTS) is 1. The molecule has 6 heteroatoms. The molecule has 0 spiro atoms. The SMILES string of the molecule is CNC(CCCCN=C(C)C1=C(O)CC(C)(C)CC1=O)C(=O)O. The zero-order chi connectivity index (χ0) is 17.6. The van der Waals surface area contributed by atoms with Crippen LogP contribution in [0.1, 0.15) is 52.9 Å². The molecule has 0 radical (unpaired) electrons. The molecule has 0 aromatic rings. The first-order valence-electron chi connectivity index (χ1n) is 8.05. The van der Waals surface area contributed by atoms with Gasteiger partial charge in [0.1, 0.15) is 11.8 Å². The topological polar surface area (TPSA) is 99.0 Å². The minimum atomic E-state index is -0.849. The molecule has 6 nitrogen and oxygen atoms in total. The molecule has 23 heavy (non-hydrogen) atoms. The summed E-state index contributed by atoms with van der Waals surface area (Å²) in [6.45, 7) is 6.20. The maximum Gasteiger partial charge on any atom is 0.320 e. The predicted molar refractivity (Wildman–Crippen MR) is 90.0 cm³/mol. The minimum absolute atomic E-state index is 0.0545. The maximum absolute atomic E-state index is 12.2. The van der Waals surface area contributed by atoms with Crippen LogP contribution in [0, 0.1) is 5.41 Å². The summed E-state index contributed by atoms with van der Waals surface area (Å²) < 4.78 is 0. The number of nitrogens with zero attached hydrogens (tertiary/aromatic N) is 1.